The lowest BCUT2D eigenvalue weighted by Crippen LogP contribution is -2.47. The third-order valence-electron chi connectivity index (χ3n) is 4.15. The van der Waals surface area contributed by atoms with Gasteiger partial charge < -0.3 is 10.4 Å². The van der Waals surface area contributed by atoms with Crippen LogP contribution in [-0.4, -0.2) is 47.1 Å². The molecule has 1 heterocycles. The SMILES string of the molecule is CCCCCC(C)NC(=O)CN1CCCCC1CC(=O)O. The summed E-state index contributed by atoms with van der Waals surface area (Å²) in [4.78, 5) is 25.0. The Morgan fingerprint density at radius 3 is 2.76 bits per heavy atom. The normalized spacial score (nSPS) is 21.0. The number of unbranched alkanes of at least 4 members (excludes halogenated alkanes) is 2. The van der Waals surface area contributed by atoms with Crippen molar-refractivity contribution in [1.29, 1.82) is 0 Å². The fourth-order valence-electron chi connectivity index (χ4n) is 2.98. The van der Waals surface area contributed by atoms with Gasteiger partial charge in [-0.2, -0.15) is 0 Å². The van der Waals surface area contributed by atoms with Gasteiger partial charge in [0.25, 0.3) is 0 Å². The largest absolute Gasteiger partial charge is 0.481 e. The van der Waals surface area contributed by atoms with E-state index in [1.165, 1.54) is 12.8 Å². The smallest absolute Gasteiger partial charge is 0.304 e. The summed E-state index contributed by atoms with van der Waals surface area (Å²) in [5.41, 5.74) is 0. The first-order chi connectivity index (χ1) is 10.0. The standard InChI is InChI=1S/C16H30N2O3/c1-3-4-5-8-13(2)17-15(19)12-18-10-7-6-9-14(18)11-16(20)21/h13-14H,3-12H2,1-2H3,(H,17,19)(H,20,21). The molecule has 21 heavy (non-hydrogen) atoms. The summed E-state index contributed by atoms with van der Waals surface area (Å²) < 4.78 is 0. The Morgan fingerprint density at radius 2 is 2.10 bits per heavy atom. The molecule has 0 aliphatic carbocycles. The zero-order chi connectivity index (χ0) is 15.7. The number of aliphatic carboxylic acids is 1. The first-order valence-electron chi connectivity index (χ1n) is 8.28. The lowest BCUT2D eigenvalue weighted by molar-refractivity contribution is -0.139. The number of nitrogens with zero attached hydrogens (tertiary/aromatic N) is 1. The number of nitrogens with one attached hydrogen (secondary N) is 1. The summed E-state index contributed by atoms with van der Waals surface area (Å²) in [6.07, 6.45) is 7.67. The van der Waals surface area contributed by atoms with E-state index < -0.39 is 5.97 Å². The van der Waals surface area contributed by atoms with Gasteiger partial charge in [-0.25, -0.2) is 0 Å². The molecule has 0 radical (unpaired) electrons. The molecule has 1 aliphatic heterocycles. The van der Waals surface area contributed by atoms with Crippen molar-refractivity contribution in [3.05, 3.63) is 0 Å². The molecule has 0 spiro atoms. The average Bonchev–Trinajstić information content (AvgIpc) is 2.40. The number of piperidine rings is 1. The molecule has 2 N–H and O–H groups in total. The number of hydrogen-bond donors (Lipinski definition) is 2. The van der Waals surface area contributed by atoms with E-state index in [0.29, 0.717) is 6.54 Å². The van der Waals surface area contributed by atoms with E-state index in [9.17, 15) is 9.59 Å². The van der Waals surface area contributed by atoms with E-state index in [2.05, 4.69) is 12.2 Å². The van der Waals surface area contributed by atoms with Crippen molar-refractivity contribution in [2.45, 2.75) is 77.3 Å². The second-order valence-electron chi connectivity index (χ2n) is 6.18. The van der Waals surface area contributed by atoms with E-state index in [-0.39, 0.29) is 24.4 Å². The highest BCUT2D eigenvalue weighted by molar-refractivity contribution is 5.78. The van der Waals surface area contributed by atoms with E-state index in [1.807, 2.05) is 11.8 Å². The van der Waals surface area contributed by atoms with Crippen LogP contribution >= 0.6 is 0 Å². The van der Waals surface area contributed by atoms with Gasteiger partial charge >= 0.3 is 5.97 Å². The highest BCUT2D eigenvalue weighted by Gasteiger charge is 2.26. The lowest BCUT2D eigenvalue weighted by Gasteiger charge is -2.34. The molecule has 1 aliphatic rings. The topological polar surface area (TPSA) is 69.6 Å². The third-order valence-corrected chi connectivity index (χ3v) is 4.15. The van der Waals surface area contributed by atoms with Crippen LogP contribution in [0.15, 0.2) is 0 Å². The molecule has 5 nitrogen and oxygen atoms in total. The summed E-state index contributed by atoms with van der Waals surface area (Å²) in [7, 11) is 0. The Hall–Kier alpha value is -1.10. The van der Waals surface area contributed by atoms with Crippen molar-refractivity contribution in [2.75, 3.05) is 13.1 Å². The van der Waals surface area contributed by atoms with Gasteiger partial charge in [-0.3, -0.25) is 14.5 Å². The molecule has 1 rings (SSSR count). The first-order valence-corrected chi connectivity index (χ1v) is 8.28. The molecule has 2 atom stereocenters. The summed E-state index contributed by atoms with van der Waals surface area (Å²) in [5.74, 6) is -0.753. The van der Waals surface area contributed by atoms with Crippen molar-refractivity contribution in [3.63, 3.8) is 0 Å². The van der Waals surface area contributed by atoms with Crippen LogP contribution in [0.2, 0.25) is 0 Å². The summed E-state index contributed by atoms with van der Waals surface area (Å²) in [5, 5.41) is 12.0. The van der Waals surface area contributed by atoms with Gasteiger partial charge in [-0.15, -0.1) is 0 Å². The summed E-state index contributed by atoms with van der Waals surface area (Å²) >= 11 is 0. The van der Waals surface area contributed by atoms with Crippen molar-refractivity contribution in [3.8, 4) is 0 Å². The maximum atomic E-state index is 12.1. The molecule has 0 aromatic carbocycles. The van der Waals surface area contributed by atoms with Gasteiger partial charge in [0.2, 0.25) is 5.91 Å². The Morgan fingerprint density at radius 1 is 1.33 bits per heavy atom. The summed E-state index contributed by atoms with van der Waals surface area (Å²) in [6.45, 7) is 5.37. The molecule has 5 heteroatoms. The highest BCUT2D eigenvalue weighted by Crippen LogP contribution is 2.19. The van der Waals surface area contributed by atoms with Gasteiger partial charge in [0.05, 0.1) is 13.0 Å². The number of rotatable bonds is 9. The quantitative estimate of drug-likeness (QED) is 0.641. The van der Waals surface area contributed by atoms with Gasteiger partial charge in [0, 0.05) is 12.1 Å². The number of amides is 1. The third kappa shape index (κ3) is 7.46. The molecule has 1 fully saturated rings. The van der Waals surface area contributed by atoms with Crippen LogP contribution < -0.4 is 5.32 Å². The Kier molecular flexibility index (Phi) is 8.35. The van der Waals surface area contributed by atoms with Crippen molar-refractivity contribution in [1.82, 2.24) is 10.2 Å². The van der Waals surface area contributed by atoms with Crippen molar-refractivity contribution >= 4 is 11.9 Å². The minimum absolute atomic E-state index is 0.0115. The Bertz CT molecular complexity index is 333. The second kappa shape index (κ2) is 9.77. The van der Waals surface area contributed by atoms with Crippen LogP contribution in [0.25, 0.3) is 0 Å². The minimum Gasteiger partial charge on any atom is -0.481 e. The molecule has 1 saturated heterocycles. The maximum absolute atomic E-state index is 12.1. The average molecular weight is 298 g/mol. The molecular weight excluding hydrogens is 268 g/mol. The molecule has 2 unspecified atom stereocenters. The Labute approximate surface area is 128 Å². The monoisotopic (exact) mass is 298 g/mol. The van der Waals surface area contributed by atoms with E-state index >= 15 is 0 Å². The molecule has 0 aromatic rings. The van der Waals surface area contributed by atoms with Crippen LogP contribution in [0.4, 0.5) is 0 Å². The fourth-order valence-corrected chi connectivity index (χ4v) is 2.98. The van der Waals surface area contributed by atoms with E-state index in [4.69, 9.17) is 5.11 Å². The number of carbonyl (C=O) groups is 2. The zero-order valence-electron chi connectivity index (χ0n) is 13.4. The number of carbonyl (C=O) groups excluding carboxylic acids is 1. The van der Waals surface area contributed by atoms with Crippen LogP contribution in [0, 0.1) is 0 Å². The number of likely N-dealkylation sites (tertiary alicyclic amines) is 1. The predicted molar refractivity (Wildman–Crippen MR) is 83.2 cm³/mol. The van der Waals surface area contributed by atoms with Crippen LogP contribution in [0.1, 0.15) is 65.2 Å². The van der Waals surface area contributed by atoms with Crippen LogP contribution in [0.3, 0.4) is 0 Å². The molecule has 1 amide bonds. The fraction of sp³-hybridized carbons (Fsp3) is 0.875. The van der Waals surface area contributed by atoms with Gasteiger partial charge in [0.15, 0.2) is 0 Å². The number of carboxylic acids is 1. The molecule has 0 bridgehead atoms. The van der Waals surface area contributed by atoms with Gasteiger partial charge in [-0.1, -0.05) is 32.6 Å². The number of carboxylic acid groups (broad SMARTS) is 1. The molecule has 0 aromatic heterocycles. The maximum Gasteiger partial charge on any atom is 0.304 e. The molecular formula is C16H30N2O3. The van der Waals surface area contributed by atoms with Crippen molar-refractivity contribution < 1.29 is 14.7 Å². The Balaban J connectivity index is 2.35. The first kappa shape index (κ1) is 18.0. The second-order valence-corrected chi connectivity index (χ2v) is 6.18. The van der Waals surface area contributed by atoms with E-state index in [0.717, 1.165) is 38.6 Å². The molecule has 0 saturated carbocycles. The van der Waals surface area contributed by atoms with Crippen molar-refractivity contribution in [2.24, 2.45) is 0 Å². The minimum atomic E-state index is -0.778. The van der Waals surface area contributed by atoms with Gasteiger partial charge in [0.1, 0.15) is 0 Å². The highest BCUT2D eigenvalue weighted by atomic mass is 16.4. The van der Waals surface area contributed by atoms with Crippen LogP contribution in [-0.2, 0) is 9.59 Å². The molecule has 122 valence electrons. The lowest BCUT2D eigenvalue weighted by atomic mass is 9.99. The zero-order valence-corrected chi connectivity index (χ0v) is 13.4. The van der Waals surface area contributed by atoms with Crippen LogP contribution in [0.5, 0.6) is 0 Å². The summed E-state index contributed by atoms with van der Waals surface area (Å²) in [6, 6.07) is 0.212. The number of hydrogen-bond acceptors (Lipinski definition) is 3. The van der Waals surface area contributed by atoms with E-state index in [1.54, 1.807) is 0 Å². The predicted octanol–water partition coefficient (Wildman–Crippen LogP) is 2.40. The van der Waals surface area contributed by atoms with Gasteiger partial charge in [-0.05, 0) is 32.7 Å².